The van der Waals surface area contributed by atoms with Crippen molar-refractivity contribution in [2.75, 3.05) is 12.3 Å². The van der Waals surface area contributed by atoms with Crippen LogP contribution in [0, 0.1) is 34.2 Å². The summed E-state index contributed by atoms with van der Waals surface area (Å²) in [5, 5.41) is 24.8. The van der Waals surface area contributed by atoms with E-state index in [2.05, 4.69) is 9.82 Å². The van der Waals surface area contributed by atoms with Gasteiger partial charge >= 0.3 is 0 Å². The van der Waals surface area contributed by atoms with Crippen molar-refractivity contribution in [1.29, 1.82) is 5.26 Å². The summed E-state index contributed by atoms with van der Waals surface area (Å²) < 4.78 is 41.8. The van der Waals surface area contributed by atoms with Crippen molar-refractivity contribution >= 4 is 21.5 Å². The molecule has 0 unspecified atom stereocenters. The largest absolute Gasteiger partial charge is 0.382 e. The van der Waals surface area contributed by atoms with E-state index in [0.29, 0.717) is 23.4 Å². The van der Waals surface area contributed by atoms with E-state index in [1.807, 2.05) is 6.07 Å². The third kappa shape index (κ3) is 4.74. The number of nitrogens with one attached hydrogen (secondary N) is 1. The molecule has 1 aromatic heterocycles. The quantitative estimate of drug-likeness (QED) is 0.298. The van der Waals surface area contributed by atoms with E-state index in [9.17, 15) is 28.2 Å². The smallest absolute Gasteiger partial charge is 0.273 e. The van der Waals surface area contributed by atoms with Crippen LogP contribution in [0.15, 0.2) is 47.4 Å². The van der Waals surface area contributed by atoms with Gasteiger partial charge in [0, 0.05) is 18.2 Å². The number of nitriles is 1. The van der Waals surface area contributed by atoms with E-state index < -0.39 is 20.8 Å². The maximum atomic E-state index is 13.2. The molecule has 0 aliphatic heterocycles. The van der Waals surface area contributed by atoms with Gasteiger partial charge in [0.05, 0.1) is 21.2 Å². The van der Waals surface area contributed by atoms with Crippen LogP contribution in [0.3, 0.4) is 0 Å². The van der Waals surface area contributed by atoms with Crippen LogP contribution in [0.1, 0.15) is 23.2 Å². The van der Waals surface area contributed by atoms with Crippen LogP contribution in [0.5, 0.6) is 0 Å². The number of aromatic nitrogens is 2. The van der Waals surface area contributed by atoms with Gasteiger partial charge in [-0.15, -0.1) is 0 Å². The molecule has 3 aromatic rings. The monoisotopic (exact) mass is 458 g/mol. The fourth-order valence-corrected chi connectivity index (χ4v) is 4.15. The molecule has 0 aliphatic carbocycles. The van der Waals surface area contributed by atoms with Crippen molar-refractivity contribution in [3.63, 3.8) is 0 Å². The van der Waals surface area contributed by atoms with Crippen molar-refractivity contribution in [3.8, 4) is 11.8 Å². The van der Waals surface area contributed by atoms with E-state index >= 15 is 0 Å². The minimum atomic E-state index is -3.96. The summed E-state index contributed by atoms with van der Waals surface area (Å²) in [4.78, 5) is 10.2. The average Bonchev–Trinajstić information content (AvgIpc) is 3.07. The van der Waals surface area contributed by atoms with Gasteiger partial charge in [-0.25, -0.2) is 22.2 Å². The second kappa shape index (κ2) is 9.13. The van der Waals surface area contributed by atoms with Gasteiger partial charge in [-0.05, 0) is 50.1 Å². The van der Waals surface area contributed by atoms with Crippen molar-refractivity contribution in [1.82, 2.24) is 14.5 Å². The van der Waals surface area contributed by atoms with E-state index in [-0.39, 0.29) is 34.9 Å². The molecule has 0 aliphatic rings. The minimum absolute atomic E-state index is 0.0121. The Balaban J connectivity index is 1.70. The Labute approximate surface area is 183 Å². The molecule has 12 heteroatoms. The molecule has 166 valence electrons. The van der Waals surface area contributed by atoms with Crippen molar-refractivity contribution in [2.24, 2.45) is 0 Å². The summed E-state index contributed by atoms with van der Waals surface area (Å²) in [6.45, 7) is 1.53. The topological polar surface area (TPSA) is 157 Å². The van der Waals surface area contributed by atoms with Gasteiger partial charge in [-0.3, -0.25) is 10.1 Å². The Hall–Kier alpha value is -3.82. The summed E-state index contributed by atoms with van der Waals surface area (Å²) in [6.07, 6.45) is 0.541. The van der Waals surface area contributed by atoms with Crippen molar-refractivity contribution in [3.05, 3.63) is 75.2 Å². The Bertz CT molecular complexity index is 1310. The van der Waals surface area contributed by atoms with E-state index in [4.69, 9.17) is 5.73 Å². The molecule has 0 fully saturated rings. The summed E-state index contributed by atoms with van der Waals surface area (Å²) in [6, 6.07) is 11.1. The van der Waals surface area contributed by atoms with E-state index in [1.54, 1.807) is 0 Å². The van der Waals surface area contributed by atoms with Gasteiger partial charge in [0.1, 0.15) is 23.3 Å². The molecule has 1 heterocycles. The van der Waals surface area contributed by atoms with Gasteiger partial charge in [0.15, 0.2) is 0 Å². The number of nitrogen functional groups attached to an aromatic ring is 1. The fourth-order valence-electron chi connectivity index (χ4n) is 3.05. The summed E-state index contributed by atoms with van der Waals surface area (Å²) in [5.41, 5.74) is 7.09. The molecular weight excluding hydrogens is 439 g/mol. The van der Waals surface area contributed by atoms with Crippen LogP contribution in [0.25, 0.3) is 5.69 Å². The maximum Gasteiger partial charge on any atom is 0.273 e. The number of sulfonamides is 1. The van der Waals surface area contributed by atoms with E-state index in [1.165, 1.54) is 48.0 Å². The molecule has 10 nitrogen and oxygen atoms in total. The molecule has 0 spiro atoms. The van der Waals surface area contributed by atoms with Crippen LogP contribution < -0.4 is 10.5 Å². The first-order chi connectivity index (χ1) is 15.1. The van der Waals surface area contributed by atoms with Gasteiger partial charge < -0.3 is 5.73 Å². The third-order valence-corrected chi connectivity index (χ3v) is 6.21. The zero-order valence-corrected chi connectivity index (χ0v) is 17.8. The van der Waals surface area contributed by atoms with Crippen molar-refractivity contribution < 1.29 is 17.7 Å². The number of benzene rings is 2. The van der Waals surface area contributed by atoms with Crippen LogP contribution in [0.2, 0.25) is 0 Å². The van der Waals surface area contributed by atoms with Crippen molar-refractivity contribution in [2.45, 2.75) is 24.7 Å². The molecule has 0 bridgehead atoms. The zero-order valence-electron chi connectivity index (χ0n) is 16.9. The number of nitrogens with two attached hydrogens (primary N) is 1. The minimum Gasteiger partial charge on any atom is -0.382 e. The number of nitro groups is 1. The third-order valence-electron chi connectivity index (χ3n) is 4.75. The Morgan fingerprint density at radius 3 is 2.59 bits per heavy atom. The van der Waals surface area contributed by atoms with Crippen LogP contribution in [-0.2, 0) is 16.4 Å². The number of anilines is 1. The SMILES string of the molecule is Cc1ccc(S(=O)(=O)NCCCc2nn(-c3ccc(F)cc3)c(N)c2C#N)cc1[N+](=O)[O-]. The molecule has 3 N–H and O–H groups in total. The van der Waals surface area contributed by atoms with Gasteiger partial charge in [0.25, 0.3) is 5.69 Å². The number of halogens is 1. The molecule has 32 heavy (non-hydrogen) atoms. The Morgan fingerprint density at radius 1 is 1.28 bits per heavy atom. The average molecular weight is 458 g/mol. The molecule has 3 rings (SSSR count). The van der Waals surface area contributed by atoms with Crippen LogP contribution >= 0.6 is 0 Å². The number of aryl methyl sites for hydroxylation is 2. The number of hydrogen-bond donors (Lipinski definition) is 2. The second-order valence-electron chi connectivity index (χ2n) is 6.91. The first kappa shape index (κ1) is 22.9. The summed E-state index contributed by atoms with van der Waals surface area (Å²) >= 11 is 0. The number of rotatable bonds is 8. The lowest BCUT2D eigenvalue weighted by molar-refractivity contribution is -0.385. The second-order valence-corrected chi connectivity index (χ2v) is 8.68. The standard InChI is InChI=1S/C20H19FN6O4S/c1-13-4-9-16(11-19(13)27(28)29)32(30,31)24-10-2-3-18-17(12-22)20(23)26(25-18)15-7-5-14(21)6-8-15/h4-9,11,24H,2-3,10,23H2,1H3. The zero-order chi connectivity index (χ0) is 23.5. The summed E-state index contributed by atoms with van der Waals surface area (Å²) in [5.74, 6) is -0.326. The Kier molecular flexibility index (Phi) is 6.52. The number of nitro benzene ring substituents is 1. The predicted octanol–water partition coefficient (Wildman–Crippen LogP) is 2.59. The van der Waals surface area contributed by atoms with Gasteiger partial charge in [-0.1, -0.05) is 6.07 Å². The number of nitrogens with zero attached hydrogens (tertiary/aromatic N) is 4. The van der Waals surface area contributed by atoms with Crippen LogP contribution in [-0.4, -0.2) is 29.7 Å². The predicted molar refractivity (Wildman–Crippen MR) is 114 cm³/mol. The first-order valence-electron chi connectivity index (χ1n) is 9.42. The number of hydrogen-bond acceptors (Lipinski definition) is 7. The Morgan fingerprint density at radius 2 is 1.97 bits per heavy atom. The van der Waals surface area contributed by atoms with E-state index in [0.717, 1.165) is 6.07 Å². The lowest BCUT2D eigenvalue weighted by Gasteiger charge is -2.07. The first-order valence-corrected chi connectivity index (χ1v) is 10.9. The fraction of sp³-hybridized carbons (Fsp3) is 0.200. The molecular formula is C20H19FN6O4S. The highest BCUT2D eigenvalue weighted by Gasteiger charge is 2.20. The van der Waals surface area contributed by atoms with Crippen LogP contribution in [0.4, 0.5) is 15.9 Å². The maximum absolute atomic E-state index is 13.2. The highest BCUT2D eigenvalue weighted by molar-refractivity contribution is 7.89. The summed E-state index contributed by atoms with van der Waals surface area (Å²) in [7, 11) is -3.96. The highest BCUT2D eigenvalue weighted by Crippen LogP contribution is 2.23. The molecule has 0 saturated carbocycles. The lowest BCUT2D eigenvalue weighted by Crippen LogP contribution is -2.25. The lowest BCUT2D eigenvalue weighted by atomic mass is 10.1. The molecule has 0 saturated heterocycles. The molecule has 0 radical (unpaired) electrons. The van der Waals surface area contributed by atoms with Gasteiger partial charge in [-0.2, -0.15) is 10.4 Å². The molecule has 2 aromatic carbocycles. The van der Waals surface area contributed by atoms with Gasteiger partial charge in [0.2, 0.25) is 10.0 Å². The highest BCUT2D eigenvalue weighted by atomic mass is 32.2. The molecule has 0 amide bonds. The molecule has 0 atom stereocenters. The normalized spacial score (nSPS) is 11.3.